The molecule has 1 aromatic carbocycles. The molecule has 6 heteroatoms. The quantitative estimate of drug-likeness (QED) is 0.919. The highest BCUT2D eigenvalue weighted by Gasteiger charge is 2.17. The van der Waals surface area contributed by atoms with Crippen LogP contribution in [0.3, 0.4) is 0 Å². The van der Waals surface area contributed by atoms with Gasteiger partial charge in [-0.2, -0.15) is 5.10 Å². The minimum absolute atomic E-state index is 0. The first-order valence-corrected chi connectivity index (χ1v) is 7.25. The standard InChI is InChI=1S/C16H21N3O2.ClH/c1-11(2)15-13(9-19(3)18-15)8-17-7-12-5-4-6-14-16(12)21-10-20-14;/h4-6,9,11,17H,7-8,10H2,1-3H3;1H. The largest absolute Gasteiger partial charge is 0.454 e. The first-order valence-electron chi connectivity index (χ1n) is 7.25. The van der Waals surface area contributed by atoms with Crippen LogP contribution in [0.25, 0.3) is 0 Å². The minimum Gasteiger partial charge on any atom is -0.454 e. The van der Waals surface area contributed by atoms with Crippen LogP contribution in [0.1, 0.15) is 36.6 Å². The van der Waals surface area contributed by atoms with Crippen molar-refractivity contribution in [1.29, 1.82) is 0 Å². The van der Waals surface area contributed by atoms with Gasteiger partial charge in [0.2, 0.25) is 6.79 Å². The third-order valence-electron chi connectivity index (χ3n) is 3.59. The van der Waals surface area contributed by atoms with E-state index in [0.29, 0.717) is 12.7 Å². The van der Waals surface area contributed by atoms with E-state index in [9.17, 15) is 0 Å². The fourth-order valence-corrected chi connectivity index (χ4v) is 2.64. The molecule has 0 spiro atoms. The predicted octanol–water partition coefficient (Wildman–Crippen LogP) is 2.98. The van der Waals surface area contributed by atoms with Crippen LogP contribution in [-0.2, 0) is 20.1 Å². The molecule has 5 nitrogen and oxygen atoms in total. The van der Waals surface area contributed by atoms with Gasteiger partial charge in [-0.1, -0.05) is 26.0 Å². The lowest BCUT2D eigenvalue weighted by molar-refractivity contribution is 0.173. The Bertz CT molecular complexity index is 640. The zero-order valence-electron chi connectivity index (χ0n) is 13.1. The molecule has 3 rings (SSSR count). The molecule has 0 unspecified atom stereocenters. The van der Waals surface area contributed by atoms with Crippen molar-refractivity contribution < 1.29 is 9.47 Å². The van der Waals surface area contributed by atoms with Crippen LogP contribution in [0, 0.1) is 0 Å². The van der Waals surface area contributed by atoms with Gasteiger partial charge in [-0.3, -0.25) is 4.68 Å². The highest BCUT2D eigenvalue weighted by Crippen LogP contribution is 2.35. The Kier molecular flexibility index (Phi) is 5.32. The van der Waals surface area contributed by atoms with Gasteiger partial charge in [-0.25, -0.2) is 0 Å². The van der Waals surface area contributed by atoms with Crippen molar-refractivity contribution >= 4 is 12.4 Å². The van der Waals surface area contributed by atoms with Gasteiger partial charge in [-0.15, -0.1) is 12.4 Å². The SMILES string of the molecule is CC(C)c1nn(C)cc1CNCc1cccc2c1OCO2.Cl. The van der Waals surface area contributed by atoms with E-state index < -0.39 is 0 Å². The molecule has 0 radical (unpaired) electrons. The van der Waals surface area contributed by atoms with Crippen molar-refractivity contribution in [2.45, 2.75) is 32.9 Å². The Labute approximate surface area is 137 Å². The Balaban J connectivity index is 0.00000176. The number of rotatable bonds is 5. The van der Waals surface area contributed by atoms with Gasteiger partial charge in [0.1, 0.15) is 0 Å². The third-order valence-corrected chi connectivity index (χ3v) is 3.59. The van der Waals surface area contributed by atoms with Gasteiger partial charge in [0.25, 0.3) is 0 Å². The number of nitrogens with one attached hydrogen (secondary N) is 1. The van der Waals surface area contributed by atoms with Crippen molar-refractivity contribution in [3.63, 3.8) is 0 Å². The van der Waals surface area contributed by atoms with E-state index in [1.54, 1.807) is 0 Å². The summed E-state index contributed by atoms with van der Waals surface area (Å²) in [5.41, 5.74) is 3.53. The zero-order valence-corrected chi connectivity index (χ0v) is 13.9. The molecule has 1 aliphatic heterocycles. The van der Waals surface area contributed by atoms with Crippen molar-refractivity contribution in [2.75, 3.05) is 6.79 Å². The molecule has 22 heavy (non-hydrogen) atoms. The summed E-state index contributed by atoms with van der Waals surface area (Å²) in [5.74, 6) is 2.12. The average molecular weight is 324 g/mol. The Hall–Kier alpha value is -1.72. The number of aromatic nitrogens is 2. The second-order valence-corrected chi connectivity index (χ2v) is 5.62. The summed E-state index contributed by atoms with van der Waals surface area (Å²) in [4.78, 5) is 0. The summed E-state index contributed by atoms with van der Waals surface area (Å²) in [5, 5.41) is 7.99. The number of ether oxygens (including phenoxy) is 2. The van der Waals surface area contributed by atoms with Crippen molar-refractivity contribution in [2.24, 2.45) is 7.05 Å². The highest BCUT2D eigenvalue weighted by molar-refractivity contribution is 5.85. The Morgan fingerprint density at radius 2 is 2.00 bits per heavy atom. The van der Waals surface area contributed by atoms with E-state index in [1.807, 2.05) is 23.9 Å². The molecular formula is C16H22ClN3O2. The Morgan fingerprint density at radius 3 is 2.77 bits per heavy atom. The van der Waals surface area contributed by atoms with Crippen LogP contribution in [0.15, 0.2) is 24.4 Å². The molecule has 0 fully saturated rings. The highest BCUT2D eigenvalue weighted by atomic mass is 35.5. The van der Waals surface area contributed by atoms with Crippen LogP contribution >= 0.6 is 12.4 Å². The molecule has 1 aromatic heterocycles. The van der Waals surface area contributed by atoms with Crippen LogP contribution in [0.2, 0.25) is 0 Å². The summed E-state index contributed by atoms with van der Waals surface area (Å²) < 4.78 is 12.8. The molecule has 0 saturated carbocycles. The van der Waals surface area contributed by atoms with Crippen LogP contribution in [0.5, 0.6) is 11.5 Å². The summed E-state index contributed by atoms with van der Waals surface area (Å²) in [7, 11) is 1.96. The average Bonchev–Trinajstić information content (AvgIpc) is 3.05. The molecule has 1 aliphatic rings. The van der Waals surface area contributed by atoms with E-state index in [-0.39, 0.29) is 12.4 Å². The number of aryl methyl sites for hydroxylation is 1. The molecule has 0 saturated heterocycles. The summed E-state index contributed by atoms with van der Waals surface area (Å²) in [6.07, 6.45) is 2.08. The van der Waals surface area contributed by atoms with Crippen LogP contribution < -0.4 is 14.8 Å². The normalized spacial score (nSPS) is 12.5. The Morgan fingerprint density at radius 1 is 1.23 bits per heavy atom. The number of para-hydroxylation sites is 1. The maximum atomic E-state index is 5.52. The molecule has 2 heterocycles. The predicted molar refractivity (Wildman–Crippen MR) is 87.7 cm³/mol. The number of hydrogen-bond donors (Lipinski definition) is 1. The maximum absolute atomic E-state index is 5.52. The van der Waals surface area contributed by atoms with Crippen LogP contribution in [0.4, 0.5) is 0 Å². The van der Waals surface area contributed by atoms with E-state index in [0.717, 1.165) is 35.8 Å². The minimum atomic E-state index is 0. The molecule has 0 aliphatic carbocycles. The van der Waals surface area contributed by atoms with Gasteiger partial charge in [0.05, 0.1) is 5.69 Å². The van der Waals surface area contributed by atoms with Crippen molar-refractivity contribution in [1.82, 2.24) is 15.1 Å². The van der Waals surface area contributed by atoms with Gasteiger partial charge < -0.3 is 14.8 Å². The monoisotopic (exact) mass is 323 g/mol. The smallest absolute Gasteiger partial charge is 0.231 e. The lowest BCUT2D eigenvalue weighted by atomic mass is 10.1. The lowest BCUT2D eigenvalue weighted by Crippen LogP contribution is -2.14. The number of fused-ring (bicyclic) bond motifs is 1. The third kappa shape index (κ3) is 3.36. The molecule has 0 bridgehead atoms. The molecular weight excluding hydrogens is 302 g/mol. The summed E-state index contributed by atoms with van der Waals surface area (Å²) in [6.45, 7) is 6.19. The zero-order chi connectivity index (χ0) is 14.8. The van der Waals surface area contributed by atoms with Crippen molar-refractivity contribution in [3.8, 4) is 11.5 Å². The summed E-state index contributed by atoms with van der Waals surface area (Å²) in [6, 6.07) is 5.99. The topological polar surface area (TPSA) is 48.3 Å². The number of nitrogens with zero attached hydrogens (tertiary/aromatic N) is 2. The van der Waals surface area contributed by atoms with Crippen LogP contribution in [-0.4, -0.2) is 16.6 Å². The van der Waals surface area contributed by atoms with Crippen molar-refractivity contribution in [3.05, 3.63) is 41.2 Å². The second-order valence-electron chi connectivity index (χ2n) is 5.62. The first-order chi connectivity index (χ1) is 10.1. The molecule has 1 N–H and O–H groups in total. The van der Waals surface area contributed by atoms with E-state index >= 15 is 0 Å². The molecule has 0 amide bonds. The van der Waals surface area contributed by atoms with Gasteiger partial charge in [0.15, 0.2) is 11.5 Å². The molecule has 120 valence electrons. The van der Waals surface area contributed by atoms with Gasteiger partial charge in [0, 0.05) is 37.5 Å². The fraction of sp³-hybridized carbons (Fsp3) is 0.438. The lowest BCUT2D eigenvalue weighted by Gasteiger charge is -2.09. The van der Waals surface area contributed by atoms with E-state index in [4.69, 9.17) is 9.47 Å². The van der Waals surface area contributed by atoms with E-state index in [2.05, 4.69) is 36.5 Å². The molecule has 2 aromatic rings. The number of halogens is 1. The summed E-state index contributed by atoms with van der Waals surface area (Å²) >= 11 is 0. The number of benzene rings is 1. The fourth-order valence-electron chi connectivity index (χ4n) is 2.64. The second kappa shape index (κ2) is 7.03. The first kappa shape index (κ1) is 16.6. The van der Waals surface area contributed by atoms with Gasteiger partial charge in [-0.05, 0) is 12.0 Å². The van der Waals surface area contributed by atoms with E-state index in [1.165, 1.54) is 5.56 Å². The number of hydrogen-bond acceptors (Lipinski definition) is 4. The maximum Gasteiger partial charge on any atom is 0.231 e. The van der Waals surface area contributed by atoms with Gasteiger partial charge >= 0.3 is 0 Å². The molecule has 0 atom stereocenters.